The van der Waals surface area contributed by atoms with Crippen molar-refractivity contribution in [1.29, 1.82) is 0 Å². The van der Waals surface area contributed by atoms with Crippen molar-refractivity contribution in [3.8, 4) is 0 Å². The largest absolute Gasteiger partial charge is 0.384 e. The van der Waals surface area contributed by atoms with Crippen LogP contribution in [-0.2, 0) is 16.1 Å². The van der Waals surface area contributed by atoms with Gasteiger partial charge in [0.05, 0.1) is 6.61 Å². The van der Waals surface area contributed by atoms with E-state index in [9.17, 15) is 9.59 Å². The first-order valence-electron chi connectivity index (χ1n) is 10.0. The zero-order valence-electron chi connectivity index (χ0n) is 17.2. The zero-order valence-corrected chi connectivity index (χ0v) is 17.2. The van der Waals surface area contributed by atoms with Crippen LogP contribution in [0, 0.1) is 11.3 Å². The number of piperidine rings is 1. The molecule has 156 valence electrons. The maximum atomic E-state index is 12.8. The Hall–Kier alpha value is -2.12. The smallest absolute Gasteiger partial charge is 0.315 e. The first kappa shape index (κ1) is 22.2. The van der Waals surface area contributed by atoms with Gasteiger partial charge in [-0.25, -0.2) is 4.79 Å². The van der Waals surface area contributed by atoms with E-state index in [-0.39, 0.29) is 23.3 Å². The van der Waals surface area contributed by atoms with E-state index in [0.29, 0.717) is 19.7 Å². The monoisotopic (exact) mass is 390 g/mol. The van der Waals surface area contributed by atoms with Gasteiger partial charge in [0.2, 0.25) is 5.91 Å². The molecule has 3 amide bonds. The number of carbonyl (C=O) groups excluding carboxylic acids is 2. The van der Waals surface area contributed by atoms with Gasteiger partial charge in [-0.1, -0.05) is 44.2 Å². The molecular formula is C21H34N4O3. The van der Waals surface area contributed by atoms with Gasteiger partial charge in [0.1, 0.15) is 6.04 Å². The molecular weight excluding hydrogens is 356 g/mol. The summed E-state index contributed by atoms with van der Waals surface area (Å²) >= 11 is 0. The van der Waals surface area contributed by atoms with Crippen molar-refractivity contribution in [2.24, 2.45) is 11.3 Å². The summed E-state index contributed by atoms with van der Waals surface area (Å²) in [7, 11) is 1.70. The predicted molar refractivity (Wildman–Crippen MR) is 110 cm³/mol. The SMILES string of the molecule is COCC1(CNC(=O)C(NC(=O)NCc2ccccc2)C(C)C)CCNCC1. The molecule has 0 saturated carbocycles. The van der Waals surface area contributed by atoms with Gasteiger partial charge in [-0.3, -0.25) is 4.79 Å². The summed E-state index contributed by atoms with van der Waals surface area (Å²) in [5.74, 6) is -0.173. The topological polar surface area (TPSA) is 91.5 Å². The van der Waals surface area contributed by atoms with Crippen LogP contribution in [0.1, 0.15) is 32.3 Å². The minimum atomic E-state index is -0.586. The molecule has 2 rings (SSSR count). The first-order valence-corrected chi connectivity index (χ1v) is 10.0. The highest BCUT2D eigenvalue weighted by Crippen LogP contribution is 2.28. The number of ether oxygens (including phenoxy) is 1. The van der Waals surface area contributed by atoms with Crippen LogP contribution in [0.25, 0.3) is 0 Å². The molecule has 1 heterocycles. The molecule has 1 aliphatic heterocycles. The molecule has 0 spiro atoms. The second kappa shape index (κ2) is 11.0. The number of amides is 3. The molecule has 7 heteroatoms. The van der Waals surface area contributed by atoms with Crippen molar-refractivity contribution < 1.29 is 14.3 Å². The lowest BCUT2D eigenvalue weighted by molar-refractivity contribution is -0.124. The third-order valence-corrected chi connectivity index (χ3v) is 5.28. The van der Waals surface area contributed by atoms with E-state index in [0.717, 1.165) is 31.5 Å². The highest BCUT2D eigenvalue weighted by molar-refractivity contribution is 5.87. The number of benzene rings is 1. The van der Waals surface area contributed by atoms with Gasteiger partial charge in [-0.2, -0.15) is 0 Å². The van der Waals surface area contributed by atoms with Gasteiger partial charge < -0.3 is 26.0 Å². The number of hydrogen-bond acceptors (Lipinski definition) is 4. The molecule has 0 aromatic heterocycles. The minimum absolute atomic E-state index is 0.0196. The van der Waals surface area contributed by atoms with Crippen molar-refractivity contribution in [2.45, 2.75) is 39.3 Å². The highest BCUT2D eigenvalue weighted by Gasteiger charge is 2.34. The molecule has 7 nitrogen and oxygen atoms in total. The zero-order chi connectivity index (χ0) is 20.4. The molecule has 1 unspecified atom stereocenters. The number of urea groups is 1. The molecule has 0 bridgehead atoms. The summed E-state index contributed by atoms with van der Waals surface area (Å²) in [5.41, 5.74) is 0.961. The Morgan fingerprint density at radius 2 is 1.82 bits per heavy atom. The second-order valence-corrected chi connectivity index (χ2v) is 7.94. The Labute approximate surface area is 168 Å². The van der Waals surface area contributed by atoms with Crippen molar-refractivity contribution in [3.05, 3.63) is 35.9 Å². The quantitative estimate of drug-likeness (QED) is 0.516. The molecule has 1 aliphatic rings. The predicted octanol–water partition coefficient (Wildman–Crippen LogP) is 1.64. The molecule has 1 atom stereocenters. The Morgan fingerprint density at radius 1 is 1.14 bits per heavy atom. The number of methoxy groups -OCH3 is 1. The maximum absolute atomic E-state index is 12.8. The van der Waals surface area contributed by atoms with Crippen LogP contribution in [0.15, 0.2) is 30.3 Å². The summed E-state index contributed by atoms with van der Waals surface area (Å²) in [5, 5.41) is 12.0. The van der Waals surface area contributed by atoms with Crippen LogP contribution in [0.5, 0.6) is 0 Å². The molecule has 4 N–H and O–H groups in total. The average molecular weight is 391 g/mol. The molecule has 28 heavy (non-hydrogen) atoms. The molecule has 1 fully saturated rings. The fourth-order valence-electron chi connectivity index (χ4n) is 3.53. The van der Waals surface area contributed by atoms with Crippen LogP contribution < -0.4 is 21.3 Å². The van der Waals surface area contributed by atoms with Gasteiger partial charge in [-0.15, -0.1) is 0 Å². The number of rotatable bonds is 9. The molecule has 0 aliphatic carbocycles. The fraction of sp³-hybridized carbons (Fsp3) is 0.619. The summed E-state index contributed by atoms with van der Waals surface area (Å²) in [6.45, 7) is 7.29. The van der Waals surface area contributed by atoms with Crippen molar-refractivity contribution in [2.75, 3.05) is 33.4 Å². The number of hydrogen-bond donors (Lipinski definition) is 4. The number of carbonyl (C=O) groups is 2. The van der Waals surface area contributed by atoms with Crippen LogP contribution in [-0.4, -0.2) is 51.3 Å². The summed E-state index contributed by atoms with van der Waals surface area (Å²) in [6, 6.07) is 8.75. The van der Waals surface area contributed by atoms with Crippen molar-refractivity contribution in [1.82, 2.24) is 21.3 Å². The third kappa shape index (κ3) is 6.80. The Bertz CT molecular complexity index is 610. The minimum Gasteiger partial charge on any atom is -0.384 e. The van der Waals surface area contributed by atoms with E-state index in [2.05, 4.69) is 21.3 Å². The molecule has 0 radical (unpaired) electrons. The Balaban J connectivity index is 1.87. The van der Waals surface area contributed by atoms with Gasteiger partial charge in [0, 0.05) is 25.6 Å². The van der Waals surface area contributed by atoms with Gasteiger partial charge in [0.25, 0.3) is 0 Å². The van der Waals surface area contributed by atoms with E-state index >= 15 is 0 Å². The molecule has 1 saturated heterocycles. The number of nitrogens with one attached hydrogen (secondary N) is 4. The summed E-state index contributed by atoms with van der Waals surface area (Å²) in [4.78, 5) is 25.1. The second-order valence-electron chi connectivity index (χ2n) is 7.94. The van der Waals surface area contributed by atoms with Crippen LogP contribution in [0.2, 0.25) is 0 Å². The van der Waals surface area contributed by atoms with Crippen LogP contribution >= 0.6 is 0 Å². The van der Waals surface area contributed by atoms with Gasteiger partial charge in [0.15, 0.2) is 0 Å². The normalized spacial score (nSPS) is 17.0. The van der Waals surface area contributed by atoms with Gasteiger partial charge >= 0.3 is 6.03 Å². The van der Waals surface area contributed by atoms with E-state index < -0.39 is 6.04 Å². The lowest BCUT2D eigenvalue weighted by Crippen LogP contribution is -2.55. The van der Waals surface area contributed by atoms with Crippen molar-refractivity contribution >= 4 is 11.9 Å². The van der Waals surface area contributed by atoms with E-state index in [1.165, 1.54) is 0 Å². The Morgan fingerprint density at radius 3 is 2.43 bits per heavy atom. The average Bonchev–Trinajstić information content (AvgIpc) is 2.70. The lowest BCUT2D eigenvalue weighted by atomic mass is 9.79. The summed E-state index contributed by atoms with van der Waals surface area (Å²) in [6.07, 6.45) is 1.91. The molecule has 1 aromatic carbocycles. The van der Waals surface area contributed by atoms with Crippen LogP contribution in [0.4, 0.5) is 4.79 Å². The summed E-state index contributed by atoms with van der Waals surface area (Å²) < 4.78 is 5.40. The van der Waals surface area contributed by atoms with E-state index in [4.69, 9.17) is 4.74 Å². The fourth-order valence-corrected chi connectivity index (χ4v) is 3.53. The first-order chi connectivity index (χ1) is 13.5. The maximum Gasteiger partial charge on any atom is 0.315 e. The lowest BCUT2D eigenvalue weighted by Gasteiger charge is -2.37. The van der Waals surface area contributed by atoms with Gasteiger partial charge in [-0.05, 0) is 37.4 Å². The standard InChI is InChI=1S/C21H34N4O3/c1-16(2)18(25-20(27)23-13-17-7-5-4-6-8-17)19(26)24-14-21(15-28-3)9-11-22-12-10-21/h4-8,16,18,22H,9-15H2,1-3H3,(H,24,26)(H2,23,25,27). The van der Waals surface area contributed by atoms with Crippen LogP contribution in [0.3, 0.4) is 0 Å². The third-order valence-electron chi connectivity index (χ3n) is 5.28. The van der Waals surface area contributed by atoms with E-state index in [1.807, 2.05) is 44.2 Å². The Kier molecular flexibility index (Phi) is 8.73. The highest BCUT2D eigenvalue weighted by atomic mass is 16.5. The molecule has 1 aromatic rings. The van der Waals surface area contributed by atoms with Crippen molar-refractivity contribution in [3.63, 3.8) is 0 Å². The van der Waals surface area contributed by atoms with E-state index in [1.54, 1.807) is 7.11 Å².